The van der Waals surface area contributed by atoms with E-state index in [-0.39, 0.29) is 24.2 Å². The number of amides is 2. The first-order valence-corrected chi connectivity index (χ1v) is 6.74. The van der Waals surface area contributed by atoms with E-state index in [9.17, 15) is 9.59 Å². The van der Waals surface area contributed by atoms with E-state index in [0.717, 1.165) is 5.01 Å². The molecule has 1 saturated heterocycles. The van der Waals surface area contributed by atoms with E-state index in [4.69, 9.17) is 5.73 Å². The molecule has 0 radical (unpaired) electrons. The third-order valence-corrected chi connectivity index (χ3v) is 3.80. The van der Waals surface area contributed by atoms with Gasteiger partial charge in [-0.15, -0.1) is 23.7 Å². The van der Waals surface area contributed by atoms with Crippen molar-refractivity contribution in [3.8, 4) is 0 Å². The molecule has 1 fully saturated rings. The molecule has 0 spiro atoms. The number of hydrogen-bond donors (Lipinski definition) is 2. The maximum Gasteiger partial charge on any atom is 0.274 e. The van der Waals surface area contributed by atoms with Crippen LogP contribution >= 0.6 is 23.7 Å². The fourth-order valence-corrected chi connectivity index (χ4v) is 2.64. The van der Waals surface area contributed by atoms with Crippen molar-refractivity contribution in [3.63, 3.8) is 0 Å². The number of rotatable bonds is 3. The number of aromatic nitrogens is 1. The van der Waals surface area contributed by atoms with Crippen LogP contribution in [0.5, 0.6) is 0 Å². The van der Waals surface area contributed by atoms with E-state index in [1.807, 2.05) is 0 Å². The fourth-order valence-electron chi connectivity index (χ4n) is 1.85. The second-order valence-electron chi connectivity index (χ2n) is 4.13. The van der Waals surface area contributed by atoms with Gasteiger partial charge in [-0.25, -0.2) is 4.98 Å². The van der Waals surface area contributed by atoms with Gasteiger partial charge in [0, 0.05) is 24.9 Å². The van der Waals surface area contributed by atoms with Crippen molar-refractivity contribution in [3.05, 3.63) is 16.1 Å². The molecule has 19 heavy (non-hydrogen) atoms. The molecule has 3 N–H and O–H groups in total. The summed E-state index contributed by atoms with van der Waals surface area (Å²) in [6, 6.07) is -0.439. The number of hydrogen-bond acceptors (Lipinski definition) is 5. The molecule has 0 bridgehead atoms. The molecular formula is C11H17ClN4O2S. The highest BCUT2D eigenvalue weighted by atomic mass is 35.5. The summed E-state index contributed by atoms with van der Waals surface area (Å²) in [4.78, 5) is 29.5. The molecule has 2 heterocycles. The van der Waals surface area contributed by atoms with E-state index in [2.05, 4.69) is 10.3 Å². The van der Waals surface area contributed by atoms with Gasteiger partial charge >= 0.3 is 0 Å². The Morgan fingerprint density at radius 3 is 3.11 bits per heavy atom. The minimum atomic E-state index is -0.439. The van der Waals surface area contributed by atoms with Gasteiger partial charge in [0.15, 0.2) is 0 Å². The summed E-state index contributed by atoms with van der Waals surface area (Å²) < 4.78 is 0. The van der Waals surface area contributed by atoms with Crippen LogP contribution in [0.4, 0.5) is 0 Å². The maximum absolute atomic E-state index is 12.2. The summed E-state index contributed by atoms with van der Waals surface area (Å²) in [5.74, 6) is -0.302. The van der Waals surface area contributed by atoms with Crippen molar-refractivity contribution in [2.24, 2.45) is 5.73 Å². The summed E-state index contributed by atoms with van der Waals surface area (Å²) in [6.45, 7) is 3.26. The molecule has 0 aliphatic carbocycles. The van der Waals surface area contributed by atoms with Crippen molar-refractivity contribution in [1.82, 2.24) is 15.2 Å². The molecule has 106 valence electrons. The SMILES string of the molecule is CC1C(=O)NCCN1C(=O)c1csc(CCN)n1.Cl. The molecule has 1 aliphatic rings. The van der Waals surface area contributed by atoms with Gasteiger partial charge in [-0.05, 0) is 13.5 Å². The van der Waals surface area contributed by atoms with Crippen LogP contribution in [0.15, 0.2) is 5.38 Å². The Bertz CT molecular complexity index is 465. The van der Waals surface area contributed by atoms with E-state index >= 15 is 0 Å². The summed E-state index contributed by atoms with van der Waals surface area (Å²) >= 11 is 1.43. The van der Waals surface area contributed by atoms with Gasteiger partial charge in [-0.3, -0.25) is 9.59 Å². The molecule has 1 aromatic rings. The second kappa shape index (κ2) is 6.83. The van der Waals surface area contributed by atoms with E-state index in [1.54, 1.807) is 17.2 Å². The van der Waals surface area contributed by atoms with Crippen LogP contribution in [0.2, 0.25) is 0 Å². The Balaban J connectivity index is 0.00000180. The largest absolute Gasteiger partial charge is 0.353 e. The molecular weight excluding hydrogens is 288 g/mol. The lowest BCUT2D eigenvalue weighted by Crippen LogP contribution is -2.55. The zero-order valence-corrected chi connectivity index (χ0v) is 12.2. The number of halogens is 1. The minimum absolute atomic E-state index is 0. The Morgan fingerprint density at radius 1 is 1.68 bits per heavy atom. The lowest BCUT2D eigenvalue weighted by atomic mass is 10.2. The summed E-state index contributed by atoms with van der Waals surface area (Å²) in [5.41, 5.74) is 5.85. The van der Waals surface area contributed by atoms with E-state index < -0.39 is 6.04 Å². The van der Waals surface area contributed by atoms with Crippen molar-refractivity contribution in [2.75, 3.05) is 19.6 Å². The smallest absolute Gasteiger partial charge is 0.274 e. The first-order valence-electron chi connectivity index (χ1n) is 5.86. The number of carbonyl (C=O) groups excluding carboxylic acids is 2. The van der Waals surface area contributed by atoms with Crippen LogP contribution in [0.25, 0.3) is 0 Å². The monoisotopic (exact) mass is 304 g/mol. The molecule has 2 rings (SSSR count). The van der Waals surface area contributed by atoms with E-state index in [1.165, 1.54) is 11.3 Å². The average Bonchev–Trinajstić information content (AvgIpc) is 2.81. The Hall–Kier alpha value is -1.18. The predicted octanol–water partition coefficient (Wildman–Crippen LogP) is 0.0266. The minimum Gasteiger partial charge on any atom is -0.353 e. The quantitative estimate of drug-likeness (QED) is 0.824. The average molecular weight is 305 g/mol. The maximum atomic E-state index is 12.2. The van der Waals surface area contributed by atoms with Crippen LogP contribution in [0.1, 0.15) is 22.4 Å². The lowest BCUT2D eigenvalue weighted by Gasteiger charge is -2.32. The van der Waals surface area contributed by atoms with Crippen molar-refractivity contribution >= 4 is 35.6 Å². The molecule has 1 aliphatic heterocycles. The molecule has 1 atom stereocenters. The Kier molecular flexibility index (Phi) is 5.71. The van der Waals surface area contributed by atoms with Gasteiger partial charge < -0.3 is 16.0 Å². The van der Waals surface area contributed by atoms with Gasteiger partial charge in [0.2, 0.25) is 5.91 Å². The standard InChI is InChI=1S/C11H16N4O2S.ClH/c1-7-10(16)13-4-5-15(7)11(17)8-6-18-9(14-8)2-3-12;/h6-7H,2-5,12H2,1H3,(H,13,16);1H. The normalized spacial score (nSPS) is 18.7. The first-order chi connectivity index (χ1) is 8.63. The van der Waals surface area contributed by atoms with Crippen LogP contribution in [-0.4, -0.2) is 47.4 Å². The van der Waals surface area contributed by atoms with Crippen molar-refractivity contribution in [1.29, 1.82) is 0 Å². The summed E-state index contributed by atoms with van der Waals surface area (Å²) in [6.07, 6.45) is 0.675. The number of nitrogens with zero attached hydrogens (tertiary/aromatic N) is 2. The van der Waals surface area contributed by atoms with Gasteiger partial charge in [-0.2, -0.15) is 0 Å². The third-order valence-electron chi connectivity index (χ3n) is 2.89. The molecule has 0 aromatic carbocycles. The molecule has 1 unspecified atom stereocenters. The second-order valence-corrected chi connectivity index (χ2v) is 5.07. The highest BCUT2D eigenvalue weighted by Crippen LogP contribution is 2.14. The van der Waals surface area contributed by atoms with Crippen LogP contribution in [-0.2, 0) is 11.2 Å². The zero-order valence-electron chi connectivity index (χ0n) is 10.6. The lowest BCUT2D eigenvalue weighted by molar-refractivity contribution is -0.127. The number of piperazine rings is 1. The van der Waals surface area contributed by atoms with Gasteiger partial charge in [-0.1, -0.05) is 0 Å². The first kappa shape index (κ1) is 15.9. The predicted molar refractivity (Wildman–Crippen MR) is 75.6 cm³/mol. The number of thiazole rings is 1. The van der Waals surface area contributed by atoms with Gasteiger partial charge in [0.05, 0.1) is 5.01 Å². The van der Waals surface area contributed by atoms with E-state index in [0.29, 0.717) is 31.7 Å². The fraction of sp³-hybridized carbons (Fsp3) is 0.545. The van der Waals surface area contributed by atoms with Crippen molar-refractivity contribution in [2.45, 2.75) is 19.4 Å². The summed E-state index contributed by atoms with van der Waals surface area (Å²) in [5, 5.41) is 5.31. The zero-order chi connectivity index (χ0) is 13.1. The molecule has 6 nitrogen and oxygen atoms in total. The highest BCUT2D eigenvalue weighted by molar-refractivity contribution is 7.09. The number of carbonyl (C=O) groups is 2. The topological polar surface area (TPSA) is 88.3 Å². The molecule has 0 saturated carbocycles. The van der Waals surface area contributed by atoms with Crippen molar-refractivity contribution < 1.29 is 9.59 Å². The Morgan fingerprint density at radius 2 is 2.42 bits per heavy atom. The highest BCUT2D eigenvalue weighted by Gasteiger charge is 2.30. The summed E-state index contributed by atoms with van der Waals surface area (Å²) in [7, 11) is 0. The third kappa shape index (κ3) is 3.43. The van der Waals surface area contributed by atoms with Crippen LogP contribution in [0.3, 0.4) is 0 Å². The molecule has 1 aromatic heterocycles. The molecule has 8 heteroatoms. The van der Waals surface area contributed by atoms with Gasteiger partial charge in [0.25, 0.3) is 5.91 Å². The number of nitrogens with one attached hydrogen (secondary N) is 1. The Labute approximate surface area is 121 Å². The van der Waals surface area contributed by atoms with Gasteiger partial charge in [0.1, 0.15) is 11.7 Å². The molecule has 2 amide bonds. The van der Waals surface area contributed by atoms with Crippen LogP contribution in [0, 0.1) is 0 Å². The number of nitrogens with two attached hydrogens (primary N) is 1. The van der Waals surface area contributed by atoms with Crippen LogP contribution < -0.4 is 11.1 Å².